The van der Waals surface area contributed by atoms with Gasteiger partial charge < -0.3 is 9.84 Å². The summed E-state index contributed by atoms with van der Waals surface area (Å²) in [5, 5.41) is 10.4. The summed E-state index contributed by atoms with van der Waals surface area (Å²) in [6, 6.07) is 4.77. The molecule has 0 bridgehead atoms. The minimum absolute atomic E-state index is 0.0427. The smallest absolute Gasteiger partial charge is 0.324 e. The molecule has 1 aliphatic carbocycles. The molecular formula is C18H24ClNO5S. The van der Waals surface area contributed by atoms with Gasteiger partial charge in [0.1, 0.15) is 6.04 Å². The molecule has 26 heavy (non-hydrogen) atoms. The molecule has 2 atom stereocenters. The Labute approximate surface area is 159 Å². The number of ether oxygens (including phenoxy) is 1. The topological polar surface area (TPSA) is 83.9 Å². The number of carbonyl (C=O) groups is 1. The molecule has 0 amide bonds. The number of aliphatic hydroxyl groups excluding tert-OH is 1. The summed E-state index contributed by atoms with van der Waals surface area (Å²) in [4.78, 5) is 12.6. The van der Waals surface area contributed by atoms with Gasteiger partial charge in [0.2, 0.25) is 10.0 Å². The van der Waals surface area contributed by atoms with E-state index in [9.17, 15) is 18.3 Å². The fraction of sp³-hybridized carbons (Fsp3) is 0.611. The molecule has 6 nitrogen and oxygen atoms in total. The van der Waals surface area contributed by atoms with E-state index in [0.717, 1.165) is 30.0 Å². The molecule has 0 unspecified atom stereocenters. The zero-order valence-electron chi connectivity index (χ0n) is 14.5. The highest BCUT2D eigenvalue weighted by molar-refractivity contribution is 7.89. The fourth-order valence-electron chi connectivity index (χ4n) is 3.66. The number of nitrogens with zero attached hydrogens (tertiary/aromatic N) is 1. The first-order chi connectivity index (χ1) is 12.4. The van der Waals surface area contributed by atoms with E-state index in [4.69, 9.17) is 16.3 Å². The molecular weight excluding hydrogens is 378 g/mol. The van der Waals surface area contributed by atoms with E-state index in [1.54, 1.807) is 0 Å². The van der Waals surface area contributed by atoms with E-state index in [0.29, 0.717) is 17.5 Å². The third-order valence-electron chi connectivity index (χ3n) is 5.11. The maximum Gasteiger partial charge on any atom is 0.324 e. The monoisotopic (exact) mass is 401 g/mol. The molecule has 1 saturated heterocycles. The summed E-state index contributed by atoms with van der Waals surface area (Å²) >= 11 is 5.82. The van der Waals surface area contributed by atoms with Gasteiger partial charge in [-0.05, 0) is 43.0 Å². The lowest BCUT2D eigenvalue weighted by Crippen LogP contribution is -2.41. The van der Waals surface area contributed by atoms with Crippen LogP contribution in [0.25, 0.3) is 0 Å². The van der Waals surface area contributed by atoms with Gasteiger partial charge in [0, 0.05) is 18.0 Å². The lowest BCUT2D eigenvalue weighted by atomic mass is 9.90. The molecule has 0 spiro atoms. The van der Waals surface area contributed by atoms with Crippen LogP contribution in [-0.4, -0.2) is 49.1 Å². The number of benzene rings is 1. The maximum absolute atomic E-state index is 12.9. The van der Waals surface area contributed by atoms with Crippen molar-refractivity contribution in [1.29, 1.82) is 0 Å². The van der Waals surface area contributed by atoms with Crippen molar-refractivity contribution >= 4 is 27.6 Å². The van der Waals surface area contributed by atoms with Gasteiger partial charge >= 0.3 is 5.97 Å². The van der Waals surface area contributed by atoms with E-state index in [1.807, 2.05) is 0 Å². The molecule has 1 heterocycles. The van der Waals surface area contributed by atoms with E-state index in [2.05, 4.69) is 0 Å². The quantitative estimate of drug-likeness (QED) is 0.766. The van der Waals surface area contributed by atoms with Gasteiger partial charge in [0.15, 0.2) is 0 Å². The van der Waals surface area contributed by atoms with Gasteiger partial charge in [0.25, 0.3) is 0 Å². The number of carbonyl (C=O) groups excluding carboxylic acids is 1. The fourth-order valence-corrected chi connectivity index (χ4v) is 5.41. The lowest BCUT2D eigenvalue weighted by Gasteiger charge is -2.25. The molecule has 2 aliphatic rings. The van der Waals surface area contributed by atoms with E-state index in [-0.39, 0.29) is 17.9 Å². The average molecular weight is 402 g/mol. The lowest BCUT2D eigenvalue weighted by molar-refractivity contribution is -0.149. The van der Waals surface area contributed by atoms with Crippen molar-refractivity contribution in [3.63, 3.8) is 0 Å². The first-order valence-corrected chi connectivity index (χ1v) is 10.8. The number of hydrogen-bond donors (Lipinski definition) is 1. The Bertz CT molecular complexity index is 730. The summed E-state index contributed by atoms with van der Waals surface area (Å²) in [6.45, 7) is 0.203. The first kappa shape index (κ1) is 19.6. The minimum Gasteiger partial charge on any atom is -0.464 e. The zero-order chi connectivity index (χ0) is 18.7. The third-order valence-corrected chi connectivity index (χ3v) is 7.25. The zero-order valence-corrected chi connectivity index (χ0v) is 16.1. The molecule has 1 saturated carbocycles. The van der Waals surface area contributed by atoms with Crippen molar-refractivity contribution in [2.45, 2.75) is 55.6 Å². The number of hydrogen-bond acceptors (Lipinski definition) is 5. The van der Waals surface area contributed by atoms with Crippen LogP contribution >= 0.6 is 11.6 Å². The molecule has 8 heteroatoms. The average Bonchev–Trinajstić information content (AvgIpc) is 3.04. The number of β-amino-alcohol motifs (C(OH)–C–C–N with tert-alkyl or cyclic N) is 1. The molecule has 2 fully saturated rings. The summed E-state index contributed by atoms with van der Waals surface area (Å²) in [5.41, 5.74) is 0. The van der Waals surface area contributed by atoms with Crippen LogP contribution in [0.1, 0.15) is 38.5 Å². The van der Waals surface area contributed by atoms with Crippen LogP contribution in [0.15, 0.2) is 29.2 Å². The standard InChI is InChI=1S/C18H24ClNO5S/c19-14-6-8-16(9-7-14)26(23,24)20-11-15(21)10-17(20)18(22)25-12-13-4-2-1-3-5-13/h6-9,13,15,17,21H,1-5,10-12H2/t15-,17+/m1/s1. The molecule has 0 radical (unpaired) electrons. The van der Waals surface area contributed by atoms with Crippen LogP contribution in [0.2, 0.25) is 5.02 Å². The van der Waals surface area contributed by atoms with Gasteiger partial charge in [-0.25, -0.2) is 8.42 Å². The third kappa shape index (κ3) is 4.39. The second kappa shape index (κ2) is 8.25. The number of sulfonamides is 1. The van der Waals surface area contributed by atoms with Gasteiger partial charge in [-0.1, -0.05) is 30.9 Å². The van der Waals surface area contributed by atoms with Crippen LogP contribution in [0, 0.1) is 5.92 Å². The number of aliphatic hydroxyl groups is 1. The van der Waals surface area contributed by atoms with E-state index in [1.165, 1.54) is 30.7 Å². The summed E-state index contributed by atoms with van der Waals surface area (Å²) in [5.74, 6) is -0.231. The van der Waals surface area contributed by atoms with E-state index < -0.39 is 28.1 Å². The predicted octanol–water partition coefficient (Wildman–Crippen LogP) is 2.59. The van der Waals surface area contributed by atoms with Crippen LogP contribution in [0.4, 0.5) is 0 Å². The Morgan fingerprint density at radius 3 is 2.50 bits per heavy atom. The number of esters is 1. The van der Waals surface area contributed by atoms with Gasteiger partial charge in [-0.2, -0.15) is 4.31 Å². The Hall–Kier alpha value is -1.15. The summed E-state index contributed by atoms with van der Waals surface area (Å²) < 4.78 is 32.2. The van der Waals surface area contributed by atoms with Crippen molar-refractivity contribution < 1.29 is 23.1 Å². The van der Waals surface area contributed by atoms with Crippen molar-refractivity contribution in [1.82, 2.24) is 4.31 Å². The van der Waals surface area contributed by atoms with Crippen molar-refractivity contribution in [2.24, 2.45) is 5.92 Å². The van der Waals surface area contributed by atoms with Gasteiger partial charge in [-0.15, -0.1) is 0 Å². The SMILES string of the molecule is O=C(OCC1CCCCC1)[C@@H]1C[C@@H](O)CN1S(=O)(=O)c1ccc(Cl)cc1. The number of halogens is 1. The molecule has 0 aromatic heterocycles. The maximum atomic E-state index is 12.9. The highest BCUT2D eigenvalue weighted by Crippen LogP contribution is 2.29. The second-order valence-electron chi connectivity index (χ2n) is 7.07. The Kier molecular flexibility index (Phi) is 6.22. The molecule has 1 N–H and O–H groups in total. The Morgan fingerprint density at radius 2 is 1.85 bits per heavy atom. The predicted molar refractivity (Wildman–Crippen MR) is 97.3 cm³/mol. The number of rotatable bonds is 5. The normalized spacial score (nSPS) is 25.3. The molecule has 3 rings (SSSR count). The molecule has 1 aliphatic heterocycles. The Balaban J connectivity index is 1.71. The molecule has 1 aromatic rings. The largest absolute Gasteiger partial charge is 0.464 e. The van der Waals surface area contributed by atoms with Crippen LogP contribution in [-0.2, 0) is 19.6 Å². The summed E-state index contributed by atoms with van der Waals surface area (Å²) in [6.07, 6.45) is 4.73. The summed E-state index contributed by atoms with van der Waals surface area (Å²) in [7, 11) is -3.91. The highest BCUT2D eigenvalue weighted by Gasteiger charge is 2.44. The van der Waals surface area contributed by atoms with Crippen LogP contribution in [0.3, 0.4) is 0 Å². The van der Waals surface area contributed by atoms with Crippen LogP contribution < -0.4 is 0 Å². The van der Waals surface area contributed by atoms with E-state index >= 15 is 0 Å². The van der Waals surface area contributed by atoms with Crippen LogP contribution in [0.5, 0.6) is 0 Å². The van der Waals surface area contributed by atoms with Crippen molar-refractivity contribution in [2.75, 3.05) is 13.2 Å². The van der Waals surface area contributed by atoms with Gasteiger partial charge in [0.05, 0.1) is 17.6 Å². The Morgan fingerprint density at radius 1 is 1.19 bits per heavy atom. The van der Waals surface area contributed by atoms with Crippen molar-refractivity contribution in [3.8, 4) is 0 Å². The molecule has 144 valence electrons. The van der Waals surface area contributed by atoms with Gasteiger partial charge in [-0.3, -0.25) is 4.79 Å². The molecule has 1 aromatic carbocycles. The van der Waals surface area contributed by atoms with Crippen molar-refractivity contribution in [3.05, 3.63) is 29.3 Å². The minimum atomic E-state index is -3.91. The second-order valence-corrected chi connectivity index (χ2v) is 9.40. The highest BCUT2D eigenvalue weighted by atomic mass is 35.5. The first-order valence-electron chi connectivity index (χ1n) is 9.00.